The highest BCUT2D eigenvalue weighted by atomic mass is 19.4. The van der Waals surface area contributed by atoms with Crippen molar-refractivity contribution in [3.8, 4) is 17.2 Å². The smallest absolute Gasteiger partial charge is 0.339 e. The molecule has 0 aliphatic heterocycles. The highest BCUT2D eigenvalue weighted by molar-refractivity contribution is 5.90. The summed E-state index contributed by atoms with van der Waals surface area (Å²) in [5.41, 5.74) is 0.461. The molecule has 1 aromatic carbocycles. The minimum atomic E-state index is -4.49. The van der Waals surface area contributed by atoms with E-state index in [1.807, 2.05) is 0 Å². The van der Waals surface area contributed by atoms with Crippen LogP contribution in [0.1, 0.15) is 23.6 Å². The van der Waals surface area contributed by atoms with Crippen LogP contribution in [0.25, 0.3) is 17.2 Å². The Morgan fingerprint density at radius 2 is 2.00 bits per heavy atom. The van der Waals surface area contributed by atoms with Crippen molar-refractivity contribution in [3.63, 3.8) is 0 Å². The highest BCUT2D eigenvalue weighted by Gasteiger charge is 2.30. The summed E-state index contributed by atoms with van der Waals surface area (Å²) in [4.78, 5) is 20.8. The van der Waals surface area contributed by atoms with Crippen molar-refractivity contribution in [2.75, 3.05) is 5.32 Å². The van der Waals surface area contributed by atoms with Crippen LogP contribution >= 0.6 is 0 Å². The van der Waals surface area contributed by atoms with Gasteiger partial charge >= 0.3 is 6.18 Å². The minimum absolute atomic E-state index is 0.0245. The minimum Gasteiger partial charge on any atom is -0.339 e. The topological polar surface area (TPSA) is 98.7 Å². The van der Waals surface area contributed by atoms with E-state index in [1.54, 1.807) is 37.4 Å². The van der Waals surface area contributed by atoms with Gasteiger partial charge in [0.25, 0.3) is 0 Å². The number of alkyl halides is 3. The number of hydrogen-bond acceptors (Lipinski definition) is 6. The number of carbonyl (C=O) groups excluding carboxylic acids is 1. The van der Waals surface area contributed by atoms with Gasteiger partial charge in [0, 0.05) is 25.1 Å². The van der Waals surface area contributed by atoms with Gasteiger partial charge in [-0.25, -0.2) is 4.68 Å². The molecule has 0 aliphatic carbocycles. The summed E-state index contributed by atoms with van der Waals surface area (Å²) < 4.78 is 45.6. The van der Waals surface area contributed by atoms with Gasteiger partial charge in [-0.3, -0.25) is 9.78 Å². The van der Waals surface area contributed by atoms with Gasteiger partial charge < -0.3 is 9.84 Å². The van der Waals surface area contributed by atoms with Crippen molar-refractivity contribution >= 4 is 11.7 Å². The Labute approximate surface area is 180 Å². The first-order valence-electron chi connectivity index (χ1n) is 9.58. The first-order chi connectivity index (χ1) is 15.3. The largest absolute Gasteiger partial charge is 0.416 e. The summed E-state index contributed by atoms with van der Waals surface area (Å²) >= 11 is 0. The Morgan fingerprint density at radius 3 is 2.75 bits per heavy atom. The molecule has 4 rings (SSSR count). The highest BCUT2D eigenvalue weighted by Crippen LogP contribution is 2.31. The molecule has 0 spiro atoms. The Balaban J connectivity index is 1.44. The molecule has 0 radical (unpaired) electrons. The van der Waals surface area contributed by atoms with E-state index in [4.69, 9.17) is 4.52 Å². The van der Waals surface area contributed by atoms with Crippen molar-refractivity contribution in [1.82, 2.24) is 24.9 Å². The number of hydrogen-bond donors (Lipinski definition) is 1. The van der Waals surface area contributed by atoms with Crippen LogP contribution in [0.4, 0.5) is 19.0 Å². The van der Waals surface area contributed by atoms with Crippen LogP contribution in [0.3, 0.4) is 0 Å². The van der Waals surface area contributed by atoms with Gasteiger partial charge in [-0.15, -0.1) is 0 Å². The maximum Gasteiger partial charge on any atom is 0.416 e. The number of aromatic nitrogens is 5. The lowest BCUT2D eigenvalue weighted by Gasteiger charge is -2.11. The van der Waals surface area contributed by atoms with Gasteiger partial charge in [0.05, 0.1) is 16.9 Å². The molecule has 1 N–H and O–H groups in total. The summed E-state index contributed by atoms with van der Waals surface area (Å²) in [5.74, 6) is 0.463. The summed E-state index contributed by atoms with van der Waals surface area (Å²) in [7, 11) is 0. The van der Waals surface area contributed by atoms with Gasteiger partial charge in [0.2, 0.25) is 17.6 Å². The second-order valence-corrected chi connectivity index (χ2v) is 6.91. The van der Waals surface area contributed by atoms with E-state index in [0.29, 0.717) is 17.2 Å². The quantitative estimate of drug-likeness (QED) is 0.480. The van der Waals surface area contributed by atoms with Gasteiger partial charge in [-0.2, -0.15) is 23.3 Å². The zero-order valence-electron chi connectivity index (χ0n) is 16.8. The number of halogens is 3. The lowest BCUT2D eigenvalue weighted by molar-refractivity contribution is -0.137. The van der Waals surface area contributed by atoms with Crippen LogP contribution in [0, 0.1) is 6.92 Å². The number of carbonyl (C=O) groups is 1. The molecule has 0 fully saturated rings. The average Bonchev–Trinajstić information content (AvgIpc) is 3.39. The van der Waals surface area contributed by atoms with E-state index in [1.165, 1.54) is 16.8 Å². The zero-order chi connectivity index (χ0) is 22.7. The number of anilines is 1. The van der Waals surface area contributed by atoms with Gasteiger partial charge in [0.15, 0.2) is 0 Å². The molecule has 8 nitrogen and oxygen atoms in total. The molecule has 164 valence electrons. The van der Waals surface area contributed by atoms with E-state index in [2.05, 4.69) is 25.5 Å². The second kappa shape index (κ2) is 8.61. The average molecular weight is 442 g/mol. The summed E-state index contributed by atoms with van der Waals surface area (Å²) in [6, 6.07) is 11.6. The van der Waals surface area contributed by atoms with Crippen LogP contribution in [-0.2, 0) is 17.4 Å². The second-order valence-electron chi connectivity index (χ2n) is 6.91. The van der Waals surface area contributed by atoms with Crippen LogP contribution < -0.4 is 5.32 Å². The van der Waals surface area contributed by atoms with Crippen molar-refractivity contribution in [2.45, 2.75) is 25.9 Å². The van der Waals surface area contributed by atoms with E-state index in [-0.39, 0.29) is 36.1 Å². The number of pyridine rings is 1. The number of nitrogens with zero attached hydrogens (tertiary/aromatic N) is 5. The standard InChI is InChI=1S/C21H17F3N6O2/c1-13-11-17(30(28-13)15-6-4-5-14(12-15)21(22,23)24)26-18(31)8-9-19-27-20(29-32-19)16-7-2-3-10-25-16/h2-7,10-12H,8-9H2,1H3,(H,26,31). The Kier molecular flexibility index (Phi) is 5.71. The molecular formula is C21H17F3N6O2. The summed E-state index contributed by atoms with van der Waals surface area (Å²) in [6.07, 6.45) is -2.67. The van der Waals surface area contributed by atoms with E-state index < -0.39 is 11.7 Å². The lowest BCUT2D eigenvalue weighted by atomic mass is 10.2. The van der Waals surface area contributed by atoms with Crippen molar-refractivity contribution in [1.29, 1.82) is 0 Å². The number of rotatable bonds is 6. The number of nitrogens with one attached hydrogen (secondary N) is 1. The molecule has 0 saturated heterocycles. The molecule has 0 saturated carbocycles. The number of benzene rings is 1. The third-order valence-corrected chi connectivity index (χ3v) is 4.45. The zero-order valence-corrected chi connectivity index (χ0v) is 16.8. The molecule has 4 aromatic rings. The lowest BCUT2D eigenvalue weighted by Crippen LogP contribution is -2.16. The van der Waals surface area contributed by atoms with Crippen molar-refractivity contribution in [3.05, 3.63) is 71.9 Å². The van der Waals surface area contributed by atoms with Crippen molar-refractivity contribution < 1.29 is 22.5 Å². The SMILES string of the molecule is Cc1cc(NC(=O)CCc2nc(-c3ccccn3)no2)n(-c2cccc(C(F)(F)F)c2)n1. The van der Waals surface area contributed by atoms with Crippen LogP contribution in [0.2, 0.25) is 0 Å². The van der Waals surface area contributed by atoms with Crippen LogP contribution in [0.15, 0.2) is 59.3 Å². The molecule has 0 unspecified atom stereocenters. The molecule has 32 heavy (non-hydrogen) atoms. The number of aryl methyl sites for hydroxylation is 2. The van der Waals surface area contributed by atoms with Crippen molar-refractivity contribution in [2.24, 2.45) is 0 Å². The fraction of sp³-hybridized carbons (Fsp3) is 0.190. The Bertz CT molecular complexity index is 1230. The fourth-order valence-electron chi connectivity index (χ4n) is 2.98. The third-order valence-electron chi connectivity index (χ3n) is 4.45. The predicted octanol–water partition coefficient (Wildman–Crippen LogP) is 4.22. The maximum absolute atomic E-state index is 13.0. The van der Waals surface area contributed by atoms with E-state index in [0.717, 1.165) is 12.1 Å². The molecule has 11 heteroatoms. The van der Waals surface area contributed by atoms with Gasteiger partial charge in [-0.05, 0) is 37.3 Å². The van der Waals surface area contributed by atoms with Crippen LogP contribution in [0.5, 0.6) is 0 Å². The molecular weight excluding hydrogens is 425 g/mol. The monoisotopic (exact) mass is 442 g/mol. The molecule has 1 amide bonds. The summed E-state index contributed by atoms with van der Waals surface area (Å²) in [5, 5.41) is 10.7. The molecule has 0 bridgehead atoms. The third kappa shape index (κ3) is 4.82. The fourth-order valence-corrected chi connectivity index (χ4v) is 2.98. The Hall–Kier alpha value is -4.02. The maximum atomic E-state index is 13.0. The predicted molar refractivity (Wildman–Crippen MR) is 108 cm³/mol. The van der Waals surface area contributed by atoms with Gasteiger partial charge in [-0.1, -0.05) is 17.3 Å². The summed E-state index contributed by atoms with van der Waals surface area (Å²) in [6.45, 7) is 1.68. The molecule has 0 aliphatic rings. The number of amides is 1. The molecule has 3 aromatic heterocycles. The molecule has 0 atom stereocenters. The van der Waals surface area contributed by atoms with E-state index in [9.17, 15) is 18.0 Å². The normalized spacial score (nSPS) is 11.5. The first kappa shape index (κ1) is 21.2. The van der Waals surface area contributed by atoms with Gasteiger partial charge in [0.1, 0.15) is 11.5 Å². The first-order valence-corrected chi connectivity index (χ1v) is 9.58. The van der Waals surface area contributed by atoms with Crippen LogP contribution in [-0.4, -0.2) is 30.8 Å². The molecule has 3 heterocycles. The van der Waals surface area contributed by atoms with E-state index >= 15 is 0 Å². The Morgan fingerprint density at radius 1 is 1.16 bits per heavy atom.